The van der Waals surface area contributed by atoms with Gasteiger partial charge in [0.05, 0.1) is 103 Å². The number of imidazole rings is 3. The zero-order valence-corrected chi connectivity index (χ0v) is 60.6. The number of esters is 2. The maximum Gasteiger partial charge on any atom is 0.377 e. The molecule has 0 spiro atoms. The van der Waals surface area contributed by atoms with E-state index >= 15 is 0 Å². The summed E-state index contributed by atoms with van der Waals surface area (Å²) in [5.41, 5.74) is 7.55. The number of benzene rings is 6. The van der Waals surface area contributed by atoms with Crippen LogP contribution in [0, 0.1) is 34.0 Å². The van der Waals surface area contributed by atoms with Crippen LogP contribution in [0.1, 0.15) is 30.5 Å². The molecule has 0 atom stereocenters. The molecule has 6 aromatic carbocycles. The summed E-state index contributed by atoms with van der Waals surface area (Å²) in [6.07, 6.45) is 3.91. The molecular weight excluding hydrogens is 1640 g/mol. The van der Waals surface area contributed by atoms with Crippen LogP contribution in [-0.4, -0.2) is 161 Å². The fourth-order valence-electron chi connectivity index (χ4n) is 8.71. The number of fused-ring (bicyclic) bond motifs is 3. The summed E-state index contributed by atoms with van der Waals surface area (Å²) in [7, 11) is 0. The smallest absolute Gasteiger partial charge is 0.377 e. The molecule has 0 aliphatic rings. The van der Waals surface area contributed by atoms with Crippen molar-refractivity contribution >= 4 is 169 Å². The summed E-state index contributed by atoms with van der Waals surface area (Å²) >= 11 is 9.49. The number of nitriles is 3. The van der Waals surface area contributed by atoms with Gasteiger partial charge in [-0.1, -0.05) is 72.8 Å². The number of thioether (sulfide) groups is 3. The predicted molar refractivity (Wildman–Crippen MR) is 376 cm³/mol. The maximum atomic E-state index is 14.7. The highest BCUT2D eigenvalue weighted by Crippen LogP contribution is 2.43. The number of ether oxygens (including phenoxy) is 2. The number of rotatable bonds is 25. The summed E-state index contributed by atoms with van der Waals surface area (Å²) in [6.45, 7) is 0.201. The predicted octanol–water partition coefficient (Wildman–Crippen LogP) is 8.86. The molecule has 9 aromatic rings. The highest BCUT2D eigenvalue weighted by Gasteiger charge is 2.45. The number of alkyl halides is 6. The molecule has 9 N–H and O–H groups in total. The number of carbonyl (C=O) groups excluding carboxylic acids is 7. The summed E-state index contributed by atoms with van der Waals surface area (Å²) in [6, 6.07) is 36.7. The van der Waals surface area contributed by atoms with E-state index in [9.17, 15) is 85.3 Å². The van der Waals surface area contributed by atoms with Crippen molar-refractivity contribution in [2.24, 2.45) is 5.73 Å². The molecule has 0 saturated carbocycles. The topological polar surface area (TPSA) is 424 Å². The van der Waals surface area contributed by atoms with E-state index in [2.05, 4.69) is 95.7 Å². The molecule has 0 aliphatic carbocycles. The Morgan fingerprint density at radius 1 is 0.452 bits per heavy atom. The second-order valence-corrected chi connectivity index (χ2v) is 25.7. The van der Waals surface area contributed by atoms with Gasteiger partial charge in [-0.3, -0.25) is 56.9 Å². The van der Waals surface area contributed by atoms with Crippen molar-refractivity contribution in [3.63, 3.8) is 0 Å². The Kier molecular flexibility index (Phi) is 30.2. The molecule has 3 aromatic heterocycles. The van der Waals surface area contributed by atoms with Crippen LogP contribution in [0.15, 0.2) is 157 Å². The first-order chi connectivity index (χ1) is 49.4. The molecule has 28 nitrogen and oxygen atoms in total. The number of carbonyl (C=O) groups is 9. The average Bonchev–Trinajstić information content (AvgIpc) is 1.47. The number of hydrogen-bond donors (Lipinski definition) is 8. The van der Waals surface area contributed by atoms with Gasteiger partial charge in [0.2, 0.25) is 11.8 Å². The number of hydrogen-bond acceptors (Lipinski definition) is 21. The van der Waals surface area contributed by atoms with E-state index in [1.807, 2.05) is 10.6 Å². The van der Waals surface area contributed by atoms with E-state index < -0.39 is 95.9 Å². The van der Waals surface area contributed by atoms with Crippen molar-refractivity contribution in [2.45, 2.75) is 45.1 Å². The molecule has 0 unspecified atom stereocenters. The van der Waals surface area contributed by atoms with Gasteiger partial charge in [-0.05, 0) is 133 Å². The van der Waals surface area contributed by atoms with Gasteiger partial charge in [0.25, 0.3) is 0 Å². The Labute approximate surface area is 621 Å². The van der Waals surface area contributed by atoms with Gasteiger partial charge in [0, 0.05) is 32.3 Å². The van der Waals surface area contributed by atoms with Gasteiger partial charge in [-0.25, -0.2) is 15.0 Å². The highest BCUT2D eigenvalue weighted by atomic mass is 79.9. The van der Waals surface area contributed by atoms with Crippen LogP contribution in [0.4, 0.5) is 26.3 Å². The van der Waals surface area contributed by atoms with Crippen LogP contribution in [0.5, 0.6) is 0 Å². The normalized spacial score (nSPS) is 10.9. The number of nitrogens with zero attached hydrogens (tertiary/aromatic N) is 9. The van der Waals surface area contributed by atoms with Crippen LogP contribution >= 0.6 is 83.1 Å². The third-order valence-electron chi connectivity index (χ3n) is 13.2. The first-order valence-electron chi connectivity index (χ1n) is 29.4. The standard InChI is InChI=1S/C22H18BrF2N5O4S.C20H14BrF2N5O4S.C18H11BrF2N4O3S.C4H9NO2/c1-2-34-19(32)12-27-18(31)11-28-20(33)22(24,25)35-21-29-10-17(23)30(21)16-8-7-13(9-26)14-5-3-4-6-15(14)16;21-15-8-27-19(33-20(22,23)18(32)26-9-16(29)25-10-17(30)31)28(15)14-6-5-11(7-24)12-3-1-2-4-13(12)14;19-14-8-24-17(29-18(20,21)16(28)23-9-15(26)27)25(14)13-6-5-10(7-22)11-3-1-2-4-12(11)13;1-2-7-4(6)3-5/h3-8,10H,2,11-12H2,1H3,(H,27,31)(H,28,33);1-6,8H,9-10H2,(H,25,29)(H,26,32)(H,30,31);1-6,8H,9H2,(H,23,28)(H,26,27);2-3,5H2,1H3. The van der Waals surface area contributed by atoms with Crippen LogP contribution in [0.2, 0.25) is 0 Å². The van der Waals surface area contributed by atoms with E-state index in [1.54, 1.807) is 134 Å². The molecule has 0 aliphatic heterocycles. The van der Waals surface area contributed by atoms with Crippen molar-refractivity contribution < 1.29 is 89.2 Å². The third kappa shape index (κ3) is 22.0. The van der Waals surface area contributed by atoms with Gasteiger partial charge < -0.3 is 52.0 Å². The Balaban J connectivity index is 0.000000234. The quantitative estimate of drug-likeness (QED) is 0.0150. The van der Waals surface area contributed by atoms with Crippen molar-refractivity contribution in [3.8, 4) is 35.3 Å². The highest BCUT2D eigenvalue weighted by molar-refractivity contribution is 9.11. The minimum absolute atomic E-state index is 0.0200. The van der Waals surface area contributed by atoms with E-state index in [0.717, 1.165) is 0 Å². The summed E-state index contributed by atoms with van der Waals surface area (Å²) in [5.74, 6) is -10.7. The molecule has 3 heterocycles. The van der Waals surface area contributed by atoms with Crippen LogP contribution in [0.25, 0.3) is 49.4 Å². The number of aromatic nitrogens is 6. The van der Waals surface area contributed by atoms with Gasteiger partial charge in [0.15, 0.2) is 15.5 Å². The molecule has 9 rings (SSSR count). The second-order valence-electron chi connectivity index (χ2n) is 20.0. The number of nitrogens with one attached hydrogen (secondary N) is 5. The van der Waals surface area contributed by atoms with Gasteiger partial charge >= 0.3 is 57.4 Å². The van der Waals surface area contributed by atoms with Gasteiger partial charge in [0.1, 0.15) is 33.4 Å². The van der Waals surface area contributed by atoms with E-state index in [-0.39, 0.29) is 69.9 Å². The molecule has 0 fully saturated rings. The zero-order chi connectivity index (χ0) is 76.6. The van der Waals surface area contributed by atoms with E-state index in [1.165, 1.54) is 32.3 Å². The first kappa shape index (κ1) is 82.4. The monoisotopic (exact) mass is 1690 g/mol. The Morgan fingerprint density at radius 2 is 0.731 bits per heavy atom. The first-order valence-corrected chi connectivity index (χ1v) is 34.2. The fraction of sp³-hybridized carbons (Fsp3) is 0.203. The SMILES string of the molecule is CCOC(=O)CN.CCOC(=O)CNC(=O)CNC(=O)C(F)(F)Sc1ncc(Br)n1-c1ccc(C#N)c2ccccc12.N#Cc1ccc(-n2c(Br)cnc2SC(F)(F)C(=O)NCC(=O)NCC(=O)O)c2ccccc12.N#Cc1ccc(-n2c(Br)cnc2SC(F)(F)C(=O)NCC(=O)O)c2ccccc12. The van der Waals surface area contributed by atoms with E-state index in [0.29, 0.717) is 86.5 Å². The molecule has 104 heavy (non-hydrogen) atoms. The number of carboxylic acids is 2. The van der Waals surface area contributed by atoms with Gasteiger partial charge in [-0.15, -0.1) is 0 Å². The lowest BCUT2D eigenvalue weighted by atomic mass is 10.0. The Morgan fingerprint density at radius 3 is 1.01 bits per heavy atom. The lowest BCUT2D eigenvalue weighted by Gasteiger charge is -2.17. The largest absolute Gasteiger partial charge is 0.480 e. The van der Waals surface area contributed by atoms with Crippen molar-refractivity contribution in [1.82, 2.24) is 55.2 Å². The second kappa shape index (κ2) is 38.1. The average molecular weight is 1690 g/mol. The maximum absolute atomic E-state index is 14.7. The van der Waals surface area contributed by atoms with Crippen LogP contribution < -0.4 is 32.3 Å². The fourth-order valence-corrected chi connectivity index (χ4v) is 12.8. The van der Waals surface area contributed by atoms with Gasteiger partial charge in [-0.2, -0.15) is 42.1 Å². The van der Waals surface area contributed by atoms with Crippen molar-refractivity contribution in [2.75, 3.05) is 52.5 Å². The molecule has 0 saturated heterocycles. The molecule has 40 heteroatoms. The molecule has 0 bridgehead atoms. The number of nitrogens with two attached hydrogens (primary N) is 1. The Bertz CT molecular complexity index is 4880. The van der Waals surface area contributed by atoms with Crippen molar-refractivity contribution in [1.29, 1.82) is 15.8 Å². The zero-order valence-electron chi connectivity index (χ0n) is 53.4. The molecule has 542 valence electrons. The summed E-state index contributed by atoms with van der Waals surface area (Å²) in [5, 5.41) is 45.7. The minimum Gasteiger partial charge on any atom is -0.480 e. The summed E-state index contributed by atoms with van der Waals surface area (Å²) < 4.78 is 102. The Hall–Kier alpha value is -10.5. The number of halogens is 9. The minimum atomic E-state index is -4.00. The third-order valence-corrected chi connectivity index (χ3v) is 17.6. The molecule has 5 amide bonds. The number of carboxylic acid groups (broad SMARTS) is 2. The molecular formula is C64H52Br3F6N15O13S3. The van der Waals surface area contributed by atoms with Crippen LogP contribution in [0.3, 0.4) is 0 Å². The van der Waals surface area contributed by atoms with E-state index in [4.69, 9.17) is 15.9 Å². The lowest BCUT2D eigenvalue weighted by molar-refractivity contribution is -0.143. The number of aliphatic carboxylic acids is 2. The molecule has 0 radical (unpaired) electrons. The van der Waals surface area contributed by atoms with Crippen LogP contribution in [-0.2, 0) is 52.6 Å². The van der Waals surface area contributed by atoms with Crippen molar-refractivity contribution in [3.05, 3.63) is 158 Å². The lowest BCUT2D eigenvalue weighted by Crippen LogP contribution is -2.44. The number of amides is 5. The summed E-state index contributed by atoms with van der Waals surface area (Å²) in [4.78, 5) is 113.